The van der Waals surface area contributed by atoms with E-state index in [-0.39, 0.29) is 11.3 Å². The van der Waals surface area contributed by atoms with Gasteiger partial charge in [-0.15, -0.1) is 0 Å². The van der Waals surface area contributed by atoms with E-state index in [4.69, 9.17) is 0 Å². The quantitative estimate of drug-likeness (QED) is 0.769. The molecule has 1 aromatic heterocycles. The predicted octanol–water partition coefficient (Wildman–Crippen LogP) is 3.53. The molecule has 0 saturated heterocycles. The molecular formula is C18H17FN2O2S. The number of aromatic nitrogens is 1. The number of halogens is 1. The number of hydrogen-bond acceptors (Lipinski definition) is 4. The van der Waals surface area contributed by atoms with Crippen LogP contribution in [-0.2, 0) is 22.1 Å². The molecule has 1 N–H and O–H groups in total. The van der Waals surface area contributed by atoms with Crippen LogP contribution in [0.3, 0.4) is 0 Å². The average Bonchev–Trinajstić information content (AvgIpc) is 2.54. The van der Waals surface area contributed by atoms with Crippen LogP contribution in [0.5, 0.6) is 0 Å². The van der Waals surface area contributed by atoms with Gasteiger partial charge in [0.05, 0.1) is 11.3 Å². The van der Waals surface area contributed by atoms with E-state index in [1.807, 2.05) is 30.3 Å². The fourth-order valence-corrected chi connectivity index (χ4v) is 3.36. The molecule has 3 rings (SSSR count). The van der Waals surface area contributed by atoms with Gasteiger partial charge in [0.15, 0.2) is 9.84 Å². The first-order chi connectivity index (χ1) is 11.4. The summed E-state index contributed by atoms with van der Waals surface area (Å²) in [6.45, 7) is 0.499. The number of sulfone groups is 1. The third kappa shape index (κ3) is 3.89. The molecule has 0 aliphatic heterocycles. The number of pyridine rings is 1. The van der Waals surface area contributed by atoms with Crippen LogP contribution in [0.2, 0.25) is 0 Å². The van der Waals surface area contributed by atoms with Gasteiger partial charge in [-0.2, -0.15) is 0 Å². The van der Waals surface area contributed by atoms with Gasteiger partial charge in [0.2, 0.25) is 0 Å². The van der Waals surface area contributed by atoms with E-state index < -0.39 is 15.7 Å². The van der Waals surface area contributed by atoms with Crippen molar-refractivity contribution in [1.29, 1.82) is 0 Å². The Morgan fingerprint density at radius 3 is 2.62 bits per heavy atom. The normalized spacial score (nSPS) is 11.6. The van der Waals surface area contributed by atoms with Crippen molar-refractivity contribution in [1.82, 2.24) is 4.98 Å². The molecule has 0 unspecified atom stereocenters. The Morgan fingerprint density at radius 1 is 1.08 bits per heavy atom. The molecule has 1 heterocycles. The van der Waals surface area contributed by atoms with Crippen molar-refractivity contribution in [3.05, 3.63) is 71.7 Å². The Balaban J connectivity index is 1.78. The number of nitrogens with zero attached hydrogens (tertiary/aromatic N) is 1. The Hall–Kier alpha value is -2.47. The summed E-state index contributed by atoms with van der Waals surface area (Å²) in [6, 6.07) is 14.3. The minimum Gasteiger partial charge on any atom is -0.381 e. The number of nitrogens with one attached hydrogen (secondary N) is 1. The van der Waals surface area contributed by atoms with Crippen LogP contribution in [0.1, 0.15) is 11.1 Å². The lowest BCUT2D eigenvalue weighted by molar-refractivity contribution is 0.592. The average molecular weight is 344 g/mol. The second-order valence-corrected chi connectivity index (χ2v) is 7.86. The maximum Gasteiger partial charge on any atom is 0.151 e. The van der Waals surface area contributed by atoms with Gasteiger partial charge in [-0.05, 0) is 23.8 Å². The van der Waals surface area contributed by atoms with Gasteiger partial charge in [0.1, 0.15) is 5.82 Å². The Morgan fingerprint density at radius 2 is 1.88 bits per heavy atom. The van der Waals surface area contributed by atoms with Crippen molar-refractivity contribution in [2.75, 3.05) is 11.6 Å². The van der Waals surface area contributed by atoms with E-state index >= 15 is 0 Å². The van der Waals surface area contributed by atoms with E-state index in [1.165, 1.54) is 12.1 Å². The number of rotatable bonds is 5. The summed E-state index contributed by atoms with van der Waals surface area (Å²) < 4.78 is 36.6. The van der Waals surface area contributed by atoms with Gasteiger partial charge in [0.25, 0.3) is 0 Å². The summed E-state index contributed by atoms with van der Waals surface area (Å²) in [7, 11) is -3.26. The zero-order chi connectivity index (χ0) is 17.2. The lowest BCUT2D eigenvalue weighted by Gasteiger charge is -2.10. The second kappa shape index (κ2) is 6.57. The summed E-state index contributed by atoms with van der Waals surface area (Å²) in [4.78, 5) is 4.38. The maximum atomic E-state index is 14.0. The number of hydrogen-bond donors (Lipinski definition) is 1. The lowest BCUT2D eigenvalue weighted by atomic mass is 10.1. The number of fused-ring (bicyclic) bond motifs is 1. The molecular weight excluding hydrogens is 327 g/mol. The summed E-state index contributed by atoms with van der Waals surface area (Å²) in [5.74, 6) is -0.826. The van der Waals surface area contributed by atoms with Crippen molar-refractivity contribution < 1.29 is 12.8 Å². The number of anilines is 1. The van der Waals surface area contributed by atoms with Crippen LogP contribution in [0.4, 0.5) is 10.1 Å². The first kappa shape index (κ1) is 16.4. The molecule has 2 aromatic carbocycles. The van der Waals surface area contributed by atoms with E-state index in [0.717, 1.165) is 22.7 Å². The Labute approximate surface area is 140 Å². The van der Waals surface area contributed by atoms with Crippen LogP contribution < -0.4 is 5.32 Å². The fourth-order valence-electron chi connectivity index (χ4n) is 2.56. The van der Waals surface area contributed by atoms with E-state index in [9.17, 15) is 12.8 Å². The highest BCUT2D eigenvalue weighted by molar-refractivity contribution is 7.89. The minimum absolute atomic E-state index is 0.176. The van der Waals surface area contributed by atoms with Crippen molar-refractivity contribution in [2.24, 2.45) is 0 Å². The first-order valence-corrected chi connectivity index (χ1v) is 9.51. The van der Waals surface area contributed by atoms with Crippen LogP contribution >= 0.6 is 0 Å². The van der Waals surface area contributed by atoms with Gasteiger partial charge < -0.3 is 5.32 Å². The van der Waals surface area contributed by atoms with Crippen molar-refractivity contribution in [3.63, 3.8) is 0 Å². The van der Waals surface area contributed by atoms with Gasteiger partial charge in [-0.25, -0.2) is 12.8 Å². The molecule has 0 fully saturated rings. The monoisotopic (exact) mass is 344 g/mol. The first-order valence-electron chi connectivity index (χ1n) is 7.45. The minimum atomic E-state index is -3.26. The molecule has 0 amide bonds. The lowest BCUT2D eigenvalue weighted by Crippen LogP contribution is -2.05. The van der Waals surface area contributed by atoms with Gasteiger partial charge >= 0.3 is 0 Å². The van der Waals surface area contributed by atoms with E-state index in [2.05, 4.69) is 10.3 Å². The second-order valence-electron chi connectivity index (χ2n) is 5.72. The highest BCUT2D eigenvalue weighted by Crippen LogP contribution is 2.20. The molecule has 0 aliphatic carbocycles. The summed E-state index contributed by atoms with van der Waals surface area (Å²) in [5, 5.41) is 4.20. The molecule has 124 valence electrons. The van der Waals surface area contributed by atoms with Crippen molar-refractivity contribution >= 4 is 26.4 Å². The summed E-state index contributed by atoms with van der Waals surface area (Å²) in [5.41, 5.74) is 2.68. The van der Waals surface area contributed by atoms with Crippen molar-refractivity contribution in [2.45, 2.75) is 12.3 Å². The van der Waals surface area contributed by atoms with E-state index in [1.54, 1.807) is 12.3 Å². The standard InChI is InChI=1S/C18H17FN2O2S/c1-24(22,23)12-15-7-8-16(10-17(15)19)21-11-14-5-2-4-13-6-3-9-20-18(13)14/h2-10,21H,11-12H2,1H3. The highest BCUT2D eigenvalue weighted by Gasteiger charge is 2.10. The number of benzene rings is 2. The van der Waals surface area contributed by atoms with Crippen LogP contribution in [-0.4, -0.2) is 19.7 Å². The largest absolute Gasteiger partial charge is 0.381 e. The highest BCUT2D eigenvalue weighted by atomic mass is 32.2. The SMILES string of the molecule is CS(=O)(=O)Cc1ccc(NCc2cccc3cccnc23)cc1F. The molecule has 6 heteroatoms. The molecule has 0 radical (unpaired) electrons. The van der Waals surface area contributed by atoms with Gasteiger partial charge in [-0.1, -0.05) is 30.3 Å². The smallest absolute Gasteiger partial charge is 0.151 e. The molecule has 0 spiro atoms. The van der Waals surface area contributed by atoms with Crippen LogP contribution in [0.25, 0.3) is 10.9 Å². The fraction of sp³-hybridized carbons (Fsp3) is 0.167. The topological polar surface area (TPSA) is 59.1 Å². The maximum absolute atomic E-state index is 14.0. The summed E-state index contributed by atoms with van der Waals surface area (Å²) >= 11 is 0. The third-order valence-electron chi connectivity index (χ3n) is 3.67. The zero-order valence-electron chi connectivity index (χ0n) is 13.2. The van der Waals surface area contributed by atoms with Crippen LogP contribution in [0, 0.1) is 5.82 Å². The molecule has 0 bridgehead atoms. The third-order valence-corrected chi connectivity index (χ3v) is 4.51. The van der Waals surface area contributed by atoms with E-state index in [0.29, 0.717) is 12.2 Å². The van der Waals surface area contributed by atoms with Gasteiger partial charge in [-0.3, -0.25) is 4.98 Å². The molecule has 24 heavy (non-hydrogen) atoms. The number of para-hydroxylation sites is 1. The Kier molecular flexibility index (Phi) is 4.49. The zero-order valence-corrected chi connectivity index (χ0v) is 14.0. The van der Waals surface area contributed by atoms with Gasteiger partial charge in [0, 0.05) is 35.6 Å². The molecule has 4 nitrogen and oxygen atoms in total. The predicted molar refractivity (Wildman–Crippen MR) is 94.0 cm³/mol. The van der Waals surface area contributed by atoms with Crippen molar-refractivity contribution in [3.8, 4) is 0 Å². The molecule has 0 aliphatic rings. The Bertz CT molecular complexity index is 982. The molecule has 0 atom stereocenters. The summed E-state index contributed by atoms with van der Waals surface area (Å²) in [6.07, 6.45) is 2.83. The van der Waals surface area contributed by atoms with Crippen LogP contribution in [0.15, 0.2) is 54.7 Å². The molecule has 0 saturated carbocycles. The molecule has 3 aromatic rings.